The number of fused-ring (bicyclic) bond motifs is 1. The molecule has 3 aromatic rings. The predicted molar refractivity (Wildman–Crippen MR) is 107 cm³/mol. The minimum atomic E-state index is -0.862. The van der Waals surface area contributed by atoms with Crippen molar-refractivity contribution in [3.8, 4) is 0 Å². The van der Waals surface area contributed by atoms with E-state index >= 15 is 0 Å². The van der Waals surface area contributed by atoms with Crippen LogP contribution < -0.4 is 5.32 Å². The minimum Gasteiger partial charge on any atom is -0.456 e. The zero-order valence-electron chi connectivity index (χ0n) is 14.9. The number of amides is 1. The van der Waals surface area contributed by atoms with Crippen molar-refractivity contribution in [1.82, 2.24) is 9.88 Å². The molecule has 0 unspecified atom stereocenters. The monoisotopic (exact) mass is 456 g/mol. The molecular formula is C21H14BrFN2O4. The van der Waals surface area contributed by atoms with Crippen molar-refractivity contribution < 1.29 is 23.5 Å². The molecular weight excluding hydrogens is 443 g/mol. The molecule has 1 aliphatic heterocycles. The Kier molecular flexibility index (Phi) is 5.02. The normalized spacial score (nSPS) is 13.3. The number of nitrogens with one attached hydrogen (secondary N) is 1. The smallest absolute Gasteiger partial charge is 0.333 e. The Morgan fingerprint density at radius 2 is 2.03 bits per heavy atom. The first-order chi connectivity index (χ1) is 13.9. The van der Waals surface area contributed by atoms with Crippen molar-refractivity contribution in [2.24, 2.45) is 0 Å². The van der Waals surface area contributed by atoms with E-state index in [9.17, 15) is 18.8 Å². The Labute approximate surface area is 173 Å². The second-order valence-electron chi connectivity index (χ2n) is 6.52. The molecule has 1 amide bonds. The van der Waals surface area contributed by atoms with Crippen molar-refractivity contribution >= 4 is 44.5 Å². The summed E-state index contributed by atoms with van der Waals surface area (Å²) in [6.07, 6.45) is 2.71. The second-order valence-corrected chi connectivity index (χ2v) is 7.44. The van der Waals surface area contributed by atoms with E-state index in [4.69, 9.17) is 4.74 Å². The Bertz CT molecular complexity index is 1200. The van der Waals surface area contributed by atoms with Gasteiger partial charge < -0.3 is 14.6 Å². The summed E-state index contributed by atoms with van der Waals surface area (Å²) in [6, 6.07) is 11.6. The van der Waals surface area contributed by atoms with Crippen LogP contribution in [0.1, 0.15) is 15.9 Å². The lowest BCUT2D eigenvalue weighted by molar-refractivity contribution is -0.135. The van der Waals surface area contributed by atoms with Gasteiger partial charge in [0, 0.05) is 34.2 Å². The lowest BCUT2D eigenvalue weighted by Gasteiger charge is -2.06. The average molecular weight is 457 g/mol. The highest BCUT2D eigenvalue weighted by atomic mass is 79.9. The molecule has 146 valence electrons. The number of Topliss-reactive ketones (excluding diaryl/α,β-unsaturated/α-hetero) is 1. The van der Waals surface area contributed by atoms with E-state index in [0.717, 1.165) is 21.6 Å². The number of carbonyl (C=O) groups excluding carboxylic acids is 3. The fourth-order valence-corrected chi connectivity index (χ4v) is 3.55. The van der Waals surface area contributed by atoms with Gasteiger partial charge in [-0.15, -0.1) is 0 Å². The average Bonchev–Trinajstić information content (AvgIpc) is 3.24. The lowest BCUT2D eigenvalue weighted by atomic mass is 10.1. The SMILES string of the molecule is O=C1C=C(NC(=O)C(=O)c2cn(Cc3cccc(F)c3)c3ccc(Br)cc23)CO1. The zero-order chi connectivity index (χ0) is 20.5. The maximum atomic E-state index is 13.5. The summed E-state index contributed by atoms with van der Waals surface area (Å²) in [5, 5.41) is 3.00. The number of benzene rings is 2. The van der Waals surface area contributed by atoms with Crippen LogP contribution in [-0.4, -0.2) is 28.8 Å². The first-order valence-corrected chi connectivity index (χ1v) is 9.46. The van der Waals surface area contributed by atoms with Gasteiger partial charge in [0.2, 0.25) is 0 Å². The van der Waals surface area contributed by atoms with Gasteiger partial charge in [0.25, 0.3) is 11.7 Å². The number of nitrogens with zero attached hydrogens (tertiary/aromatic N) is 1. The van der Waals surface area contributed by atoms with Gasteiger partial charge in [-0.1, -0.05) is 28.1 Å². The third kappa shape index (κ3) is 3.97. The fraction of sp³-hybridized carbons (Fsp3) is 0.0952. The first kappa shape index (κ1) is 19.1. The molecule has 1 N–H and O–H groups in total. The predicted octanol–water partition coefficient (Wildman–Crippen LogP) is 3.33. The molecule has 0 spiro atoms. The third-order valence-corrected chi connectivity index (χ3v) is 4.97. The molecule has 0 radical (unpaired) electrons. The van der Waals surface area contributed by atoms with Gasteiger partial charge in [-0.25, -0.2) is 9.18 Å². The van der Waals surface area contributed by atoms with Gasteiger partial charge >= 0.3 is 5.97 Å². The molecule has 2 heterocycles. The highest BCUT2D eigenvalue weighted by Crippen LogP contribution is 2.27. The number of hydrogen-bond donors (Lipinski definition) is 1. The summed E-state index contributed by atoms with van der Waals surface area (Å²) in [6.45, 7) is 0.253. The Morgan fingerprint density at radius 3 is 2.76 bits per heavy atom. The Hall–Kier alpha value is -3.26. The number of hydrogen-bond acceptors (Lipinski definition) is 4. The molecule has 6 nitrogen and oxygen atoms in total. The van der Waals surface area contributed by atoms with Gasteiger partial charge in [0.15, 0.2) is 0 Å². The number of halogens is 2. The van der Waals surface area contributed by atoms with E-state index in [2.05, 4.69) is 21.2 Å². The van der Waals surface area contributed by atoms with Crippen LogP contribution in [0.4, 0.5) is 4.39 Å². The highest BCUT2D eigenvalue weighted by Gasteiger charge is 2.24. The van der Waals surface area contributed by atoms with Crippen molar-refractivity contribution in [2.75, 3.05) is 6.61 Å². The van der Waals surface area contributed by atoms with Crippen LogP contribution in [-0.2, 0) is 20.9 Å². The van der Waals surface area contributed by atoms with Crippen molar-refractivity contribution in [2.45, 2.75) is 6.54 Å². The molecule has 0 bridgehead atoms. The molecule has 0 aliphatic carbocycles. The molecule has 29 heavy (non-hydrogen) atoms. The van der Waals surface area contributed by atoms with Crippen molar-refractivity contribution in [1.29, 1.82) is 0 Å². The largest absolute Gasteiger partial charge is 0.456 e. The Morgan fingerprint density at radius 1 is 1.21 bits per heavy atom. The molecule has 8 heteroatoms. The number of cyclic esters (lactones) is 1. The number of aromatic nitrogens is 1. The van der Waals surface area contributed by atoms with Gasteiger partial charge in [-0.3, -0.25) is 9.59 Å². The van der Waals surface area contributed by atoms with E-state index in [1.165, 1.54) is 12.1 Å². The third-order valence-electron chi connectivity index (χ3n) is 4.47. The standard InChI is InChI=1S/C21H14BrFN2O4/c22-13-4-5-18-16(7-13)17(10-25(18)9-12-2-1-3-14(23)6-12)20(27)21(28)24-15-8-19(26)29-11-15/h1-8,10H,9,11H2,(H,24,28). The van der Waals surface area contributed by atoms with Gasteiger partial charge in [0.1, 0.15) is 12.4 Å². The summed E-state index contributed by atoms with van der Waals surface area (Å²) in [7, 11) is 0. The van der Waals surface area contributed by atoms with Gasteiger partial charge in [-0.2, -0.15) is 0 Å². The summed E-state index contributed by atoms with van der Waals surface area (Å²) < 4.78 is 20.8. The van der Waals surface area contributed by atoms with Crippen LogP contribution in [0.2, 0.25) is 0 Å². The molecule has 4 rings (SSSR count). The summed E-state index contributed by atoms with van der Waals surface area (Å²) in [4.78, 5) is 36.3. The van der Waals surface area contributed by atoms with Crippen LogP contribution >= 0.6 is 15.9 Å². The lowest BCUT2D eigenvalue weighted by Crippen LogP contribution is -2.31. The topological polar surface area (TPSA) is 77.4 Å². The van der Waals surface area contributed by atoms with Crippen molar-refractivity contribution in [3.05, 3.63) is 81.9 Å². The minimum absolute atomic E-state index is 0.0786. The molecule has 0 saturated carbocycles. The zero-order valence-corrected chi connectivity index (χ0v) is 16.5. The van der Waals surface area contributed by atoms with E-state index in [1.54, 1.807) is 29.0 Å². The fourth-order valence-electron chi connectivity index (χ4n) is 3.18. The van der Waals surface area contributed by atoms with E-state index < -0.39 is 17.7 Å². The van der Waals surface area contributed by atoms with Crippen LogP contribution in [0, 0.1) is 5.82 Å². The maximum absolute atomic E-state index is 13.5. The van der Waals surface area contributed by atoms with E-state index in [0.29, 0.717) is 11.9 Å². The molecule has 0 atom stereocenters. The van der Waals surface area contributed by atoms with Gasteiger partial charge in [0.05, 0.1) is 11.3 Å². The van der Waals surface area contributed by atoms with Crippen LogP contribution in [0.25, 0.3) is 10.9 Å². The number of ketones is 1. The van der Waals surface area contributed by atoms with Gasteiger partial charge in [-0.05, 0) is 35.9 Å². The molecule has 0 saturated heterocycles. The van der Waals surface area contributed by atoms with Crippen LogP contribution in [0.5, 0.6) is 0 Å². The summed E-state index contributed by atoms with van der Waals surface area (Å²) in [5.41, 5.74) is 1.89. The summed E-state index contributed by atoms with van der Waals surface area (Å²) >= 11 is 3.38. The number of carbonyl (C=O) groups is 3. The molecule has 2 aromatic carbocycles. The Balaban J connectivity index is 1.69. The number of ether oxygens (including phenoxy) is 1. The molecule has 1 aliphatic rings. The molecule has 1 aromatic heterocycles. The highest BCUT2D eigenvalue weighted by molar-refractivity contribution is 9.10. The van der Waals surface area contributed by atoms with E-state index in [1.807, 2.05) is 12.1 Å². The first-order valence-electron chi connectivity index (χ1n) is 8.66. The second kappa shape index (κ2) is 7.63. The quantitative estimate of drug-likeness (QED) is 0.362. The van der Waals surface area contributed by atoms with Crippen molar-refractivity contribution in [3.63, 3.8) is 0 Å². The molecule has 0 fully saturated rings. The number of rotatable bonds is 5. The van der Waals surface area contributed by atoms with Crippen LogP contribution in [0.3, 0.4) is 0 Å². The number of esters is 1. The summed E-state index contributed by atoms with van der Waals surface area (Å²) in [5.74, 6) is -2.52. The maximum Gasteiger partial charge on any atom is 0.333 e. The van der Waals surface area contributed by atoms with E-state index in [-0.39, 0.29) is 23.7 Å². The van der Waals surface area contributed by atoms with Crippen LogP contribution in [0.15, 0.2) is 64.9 Å².